The van der Waals surface area contributed by atoms with Crippen molar-refractivity contribution in [1.29, 1.82) is 0 Å². The Balaban J connectivity index is 1.39. The zero-order valence-corrected chi connectivity index (χ0v) is 15.4. The van der Waals surface area contributed by atoms with Crippen molar-refractivity contribution in [2.45, 2.75) is 6.92 Å². The van der Waals surface area contributed by atoms with Gasteiger partial charge in [0.1, 0.15) is 0 Å². The Labute approximate surface area is 152 Å². The molecule has 1 aliphatic rings. The molecule has 0 saturated carbocycles. The molecule has 6 heteroatoms. The maximum absolute atomic E-state index is 12.0. The summed E-state index contributed by atoms with van der Waals surface area (Å²) in [4.78, 5) is 17.6. The molecule has 1 N–H and O–H groups in total. The van der Waals surface area contributed by atoms with Crippen molar-refractivity contribution in [1.82, 2.24) is 10.2 Å². The van der Waals surface area contributed by atoms with Crippen molar-refractivity contribution >= 4 is 34.5 Å². The number of piperazine rings is 1. The number of halogens is 1. The molecule has 0 bridgehead atoms. The third-order valence-electron chi connectivity index (χ3n) is 4.23. The fourth-order valence-corrected chi connectivity index (χ4v) is 3.79. The van der Waals surface area contributed by atoms with Crippen LogP contribution in [0.4, 0.5) is 5.69 Å². The van der Waals surface area contributed by atoms with E-state index in [1.807, 2.05) is 30.5 Å². The largest absolute Gasteiger partial charge is 0.369 e. The Morgan fingerprint density at radius 3 is 2.54 bits per heavy atom. The van der Waals surface area contributed by atoms with Crippen molar-refractivity contribution in [3.8, 4) is 0 Å². The third-order valence-corrected chi connectivity index (χ3v) is 5.53. The summed E-state index contributed by atoms with van der Waals surface area (Å²) in [7, 11) is 0. The predicted octanol–water partition coefficient (Wildman–Crippen LogP) is 3.26. The minimum absolute atomic E-state index is 0.0351. The fourth-order valence-electron chi connectivity index (χ4n) is 2.85. The van der Waals surface area contributed by atoms with Crippen LogP contribution in [0.25, 0.3) is 0 Å². The number of carbonyl (C=O) groups is 1. The topological polar surface area (TPSA) is 35.6 Å². The van der Waals surface area contributed by atoms with Crippen molar-refractivity contribution in [2.24, 2.45) is 0 Å². The molecule has 24 heavy (non-hydrogen) atoms. The van der Waals surface area contributed by atoms with E-state index in [4.69, 9.17) is 11.6 Å². The first-order chi connectivity index (χ1) is 11.6. The lowest BCUT2D eigenvalue weighted by Gasteiger charge is -2.36. The lowest BCUT2D eigenvalue weighted by molar-refractivity contribution is 0.0952. The van der Waals surface area contributed by atoms with Crippen molar-refractivity contribution in [3.63, 3.8) is 0 Å². The van der Waals surface area contributed by atoms with Crippen LogP contribution < -0.4 is 10.2 Å². The number of benzene rings is 1. The Bertz CT molecular complexity index is 678. The fraction of sp³-hybridized carbons (Fsp3) is 0.389. The molecule has 0 spiro atoms. The highest BCUT2D eigenvalue weighted by atomic mass is 35.5. The second-order valence-electron chi connectivity index (χ2n) is 6.05. The lowest BCUT2D eigenvalue weighted by Crippen LogP contribution is -2.48. The summed E-state index contributed by atoms with van der Waals surface area (Å²) < 4.78 is 0. The monoisotopic (exact) mass is 363 g/mol. The van der Waals surface area contributed by atoms with Gasteiger partial charge in [-0.25, -0.2) is 0 Å². The van der Waals surface area contributed by atoms with E-state index in [1.54, 1.807) is 0 Å². The zero-order chi connectivity index (χ0) is 16.9. The van der Waals surface area contributed by atoms with E-state index in [2.05, 4.69) is 27.2 Å². The summed E-state index contributed by atoms with van der Waals surface area (Å²) >= 11 is 7.44. The number of nitrogens with zero attached hydrogens (tertiary/aromatic N) is 2. The molecule has 1 aromatic carbocycles. The molecule has 0 unspecified atom stereocenters. The SMILES string of the molecule is Cc1csc(C(=O)NCCN2CCN(c3ccc(Cl)cc3)CC2)c1. The summed E-state index contributed by atoms with van der Waals surface area (Å²) in [6.07, 6.45) is 0. The smallest absolute Gasteiger partial charge is 0.261 e. The summed E-state index contributed by atoms with van der Waals surface area (Å²) in [5.74, 6) is 0.0351. The van der Waals surface area contributed by atoms with Gasteiger partial charge in [0.15, 0.2) is 0 Å². The average Bonchev–Trinajstić information content (AvgIpc) is 3.03. The average molecular weight is 364 g/mol. The highest BCUT2D eigenvalue weighted by Crippen LogP contribution is 2.19. The normalized spacial score (nSPS) is 15.5. The molecule has 2 heterocycles. The highest BCUT2D eigenvalue weighted by molar-refractivity contribution is 7.12. The number of thiophene rings is 1. The van der Waals surface area contributed by atoms with Crippen molar-refractivity contribution in [2.75, 3.05) is 44.2 Å². The number of hydrogen-bond acceptors (Lipinski definition) is 4. The van der Waals surface area contributed by atoms with Crippen LogP contribution in [0.3, 0.4) is 0 Å². The summed E-state index contributed by atoms with van der Waals surface area (Å²) in [6, 6.07) is 9.95. The minimum Gasteiger partial charge on any atom is -0.369 e. The predicted molar refractivity (Wildman–Crippen MR) is 101 cm³/mol. The number of amides is 1. The molecule has 0 aliphatic carbocycles. The second-order valence-corrected chi connectivity index (χ2v) is 7.40. The van der Waals surface area contributed by atoms with E-state index in [0.29, 0.717) is 6.54 Å². The zero-order valence-electron chi connectivity index (χ0n) is 13.8. The van der Waals surface area contributed by atoms with Crippen molar-refractivity contribution < 1.29 is 4.79 Å². The second kappa shape index (κ2) is 8.01. The van der Waals surface area contributed by atoms with Crippen LogP contribution in [-0.4, -0.2) is 50.1 Å². The van der Waals surface area contributed by atoms with Crippen LogP contribution in [-0.2, 0) is 0 Å². The first-order valence-corrected chi connectivity index (χ1v) is 9.44. The van der Waals surface area contributed by atoms with Gasteiger partial charge in [-0.3, -0.25) is 9.69 Å². The minimum atomic E-state index is 0.0351. The number of nitrogens with one attached hydrogen (secondary N) is 1. The van der Waals surface area contributed by atoms with Gasteiger partial charge in [-0.2, -0.15) is 0 Å². The van der Waals surface area contributed by atoms with E-state index in [0.717, 1.165) is 48.2 Å². The van der Waals surface area contributed by atoms with Crippen LogP contribution in [0.1, 0.15) is 15.2 Å². The van der Waals surface area contributed by atoms with Crippen LogP contribution >= 0.6 is 22.9 Å². The summed E-state index contributed by atoms with van der Waals surface area (Å²) in [5, 5.41) is 5.79. The molecule has 0 radical (unpaired) electrons. The first-order valence-electron chi connectivity index (χ1n) is 8.18. The van der Waals surface area contributed by atoms with Crippen LogP contribution in [0.15, 0.2) is 35.7 Å². The van der Waals surface area contributed by atoms with E-state index < -0.39 is 0 Å². The van der Waals surface area contributed by atoms with Gasteiger partial charge in [-0.05, 0) is 48.2 Å². The van der Waals surface area contributed by atoms with Gasteiger partial charge >= 0.3 is 0 Å². The van der Waals surface area contributed by atoms with Gasteiger partial charge in [-0.15, -0.1) is 11.3 Å². The third kappa shape index (κ3) is 4.50. The highest BCUT2D eigenvalue weighted by Gasteiger charge is 2.17. The molecule has 0 atom stereocenters. The van der Waals surface area contributed by atoms with Gasteiger partial charge in [0.25, 0.3) is 5.91 Å². The van der Waals surface area contributed by atoms with E-state index in [9.17, 15) is 4.79 Å². The number of carbonyl (C=O) groups excluding carboxylic acids is 1. The molecule has 4 nitrogen and oxygen atoms in total. The molecule has 1 saturated heterocycles. The van der Waals surface area contributed by atoms with Gasteiger partial charge in [0.2, 0.25) is 0 Å². The molecule has 128 valence electrons. The Morgan fingerprint density at radius 2 is 1.92 bits per heavy atom. The molecular weight excluding hydrogens is 342 g/mol. The van der Waals surface area contributed by atoms with Crippen LogP contribution in [0.2, 0.25) is 5.02 Å². The standard InChI is InChI=1S/C18H22ClN3OS/c1-14-12-17(24-13-14)18(23)20-6-7-21-8-10-22(11-9-21)16-4-2-15(19)3-5-16/h2-5,12-13H,6-11H2,1H3,(H,20,23). The maximum Gasteiger partial charge on any atom is 0.261 e. The lowest BCUT2D eigenvalue weighted by atomic mass is 10.2. The van der Waals surface area contributed by atoms with Crippen LogP contribution in [0, 0.1) is 6.92 Å². The molecule has 1 aliphatic heterocycles. The molecule has 2 aromatic rings. The maximum atomic E-state index is 12.0. The van der Waals surface area contributed by atoms with Crippen molar-refractivity contribution in [3.05, 3.63) is 51.2 Å². The number of anilines is 1. The van der Waals surface area contributed by atoms with Crippen LogP contribution in [0.5, 0.6) is 0 Å². The van der Waals surface area contributed by atoms with Gasteiger partial charge in [0, 0.05) is 50.0 Å². The Hall–Kier alpha value is -1.56. The number of hydrogen-bond donors (Lipinski definition) is 1. The van der Waals surface area contributed by atoms with E-state index in [1.165, 1.54) is 17.0 Å². The van der Waals surface area contributed by atoms with Gasteiger partial charge in [-0.1, -0.05) is 11.6 Å². The molecule has 1 fully saturated rings. The first kappa shape index (κ1) is 17.3. The number of rotatable bonds is 5. The summed E-state index contributed by atoms with van der Waals surface area (Å²) in [6.45, 7) is 7.61. The quantitative estimate of drug-likeness (QED) is 0.885. The molecular formula is C18H22ClN3OS. The molecule has 3 rings (SSSR count). The molecule has 1 amide bonds. The van der Waals surface area contributed by atoms with Gasteiger partial charge in [0.05, 0.1) is 4.88 Å². The Kier molecular flexibility index (Phi) is 5.76. The Morgan fingerprint density at radius 1 is 1.21 bits per heavy atom. The summed E-state index contributed by atoms with van der Waals surface area (Å²) in [5.41, 5.74) is 2.36. The number of aryl methyl sites for hydroxylation is 1. The van der Waals surface area contributed by atoms with Gasteiger partial charge < -0.3 is 10.2 Å². The van der Waals surface area contributed by atoms with E-state index in [-0.39, 0.29) is 5.91 Å². The van der Waals surface area contributed by atoms with E-state index >= 15 is 0 Å². The molecule has 1 aromatic heterocycles.